The molecule has 14 N–H and O–H groups in total. The van der Waals surface area contributed by atoms with Gasteiger partial charge in [-0.15, -0.1) is 37.2 Å². The van der Waals surface area contributed by atoms with Crippen molar-refractivity contribution in [1.29, 1.82) is 0 Å². The summed E-state index contributed by atoms with van der Waals surface area (Å²) in [6.45, 7) is 0. The van der Waals surface area contributed by atoms with E-state index in [1.807, 2.05) is 0 Å². The topological polar surface area (TPSA) is 220 Å². The van der Waals surface area contributed by atoms with E-state index in [0.717, 1.165) is 0 Å². The first-order valence-corrected chi connectivity index (χ1v) is 0. The molecular weight excluding hydrogens is 369 g/mol. The molecule has 0 aliphatic heterocycles. The largest absolute Gasteiger partial charge is 0.412 e. The van der Waals surface area contributed by atoms with Gasteiger partial charge in [0.25, 0.3) is 0 Å². The minimum absolute atomic E-state index is 0. The van der Waals surface area contributed by atoms with Crippen molar-refractivity contribution in [2.75, 3.05) is 0 Å². The van der Waals surface area contributed by atoms with Crippen molar-refractivity contribution in [3.8, 4) is 0 Å². The Labute approximate surface area is 115 Å². The van der Waals surface area contributed by atoms with E-state index in [1.165, 1.54) is 0 Å². The van der Waals surface area contributed by atoms with Gasteiger partial charge in [0.1, 0.15) is 0 Å². The monoisotopic (exact) mass is 386 g/mol. The van der Waals surface area contributed by atoms with Crippen LogP contribution in [0.15, 0.2) is 0 Å². The molecule has 0 fully saturated rings. The second-order valence-electron chi connectivity index (χ2n) is 0. The standard InChI is InChI=1S/3ClH.7H2O.Sm/h3*1H;7*1H2;. The molecule has 7 nitrogen and oxygen atoms in total. The summed E-state index contributed by atoms with van der Waals surface area (Å²) in [5, 5.41) is 0. The fourth-order valence-electron chi connectivity index (χ4n) is 0. The fraction of sp³-hybridized carbons (Fsp3) is 0. The number of hydrogen-bond acceptors (Lipinski definition) is 0. The molecule has 0 amide bonds. The van der Waals surface area contributed by atoms with Crippen LogP contribution < -0.4 is 0 Å². The van der Waals surface area contributed by atoms with Gasteiger partial charge in [0.15, 0.2) is 0 Å². The fourth-order valence-corrected chi connectivity index (χ4v) is 0. The Morgan fingerprint density at radius 2 is 0.273 bits per heavy atom. The summed E-state index contributed by atoms with van der Waals surface area (Å²) >= 11 is 0. The maximum atomic E-state index is 0. The third-order valence-corrected chi connectivity index (χ3v) is 0. The molecule has 0 radical (unpaired) electrons. The van der Waals surface area contributed by atoms with Gasteiger partial charge in [-0.1, -0.05) is 0 Å². The summed E-state index contributed by atoms with van der Waals surface area (Å²) in [6, 6.07) is 0. The Morgan fingerprint density at radius 3 is 0.273 bits per heavy atom. The van der Waals surface area contributed by atoms with Crippen molar-refractivity contribution in [3.63, 3.8) is 0 Å². The van der Waals surface area contributed by atoms with Crippen LogP contribution in [0.4, 0.5) is 0 Å². The molecule has 86 valence electrons. The van der Waals surface area contributed by atoms with Crippen LogP contribution in [0.25, 0.3) is 0 Å². The molecule has 0 rings (SSSR count). The summed E-state index contributed by atoms with van der Waals surface area (Å²) in [6.07, 6.45) is 0. The molecule has 0 atom stereocenters. The van der Waals surface area contributed by atoms with E-state index in [2.05, 4.69) is 0 Å². The molecule has 0 aliphatic carbocycles. The normalized spacial score (nSPS) is 0. The molecule has 0 spiro atoms. The van der Waals surface area contributed by atoms with Gasteiger partial charge >= 0.3 is 0 Å². The van der Waals surface area contributed by atoms with E-state index >= 15 is 0 Å². The zero-order valence-corrected chi connectivity index (χ0v) is 10.2. The maximum Gasteiger partial charge on any atom is 0 e. The Hall–Kier alpha value is 1.93. The van der Waals surface area contributed by atoms with Crippen molar-refractivity contribution in [3.05, 3.63) is 0 Å². The van der Waals surface area contributed by atoms with Crippen LogP contribution in [0.1, 0.15) is 0 Å². The molecule has 0 unspecified atom stereocenters. The van der Waals surface area contributed by atoms with Crippen LogP contribution in [0.3, 0.4) is 0 Å². The van der Waals surface area contributed by atoms with E-state index in [9.17, 15) is 0 Å². The van der Waals surface area contributed by atoms with E-state index in [-0.39, 0.29) is 116 Å². The summed E-state index contributed by atoms with van der Waals surface area (Å²) < 4.78 is 0. The van der Waals surface area contributed by atoms with E-state index in [1.54, 1.807) is 0 Å². The van der Waals surface area contributed by atoms with Crippen molar-refractivity contribution in [2.24, 2.45) is 0 Å². The van der Waals surface area contributed by atoms with Gasteiger partial charge in [-0.2, -0.15) is 0 Å². The van der Waals surface area contributed by atoms with Crippen LogP contribution in [-0.2, 0) is 0 Å². The van der Waals surface area contributed by atoms with Crippen LogP contribution in [-0.4, -0.2) is 38.3 Å². The molecular formula is H17Cl3O7Sm. The molecule has 0 aromatic rings. The average Bonchev–Trinajstić information content (AvgIpc) is 0. The van der Waals surface area contributed by atoms with Gasteiger partial charge in [-0.25, -0.2) is 0 Å². The number of rotatable bonds is 0. The number of halogens is 3. The molecule has 0 saturated heterocycles. The third-order valence-electron chi connectivity index (χ3n) is 0. The molecule has 0 aromatic heterocycles. The van der Waals surface area contributed by atoms with Crippen LogP contribution in [0, 0.1) is 40.4 Å². The van der Waals surface area contributed by atoms with Gasteiger partial charge in [0, 0.05) is 40.4 Å². The Kier molecular flexibility index (Phi) is 17200. The minimum Gasteiger partial charge on any atom is -0.412 e. The van der Waals surface area contributed by atoms with Crippen molar-refractivity contribution in [2.45, 2.75) is 0 Å². The van der Waals surface area contributed by atoms with E-state index in [0.29, 0.717) is 0 Å². The van der Waals surface area contributed by atoms with Gasteiger partial charge in [0.2, 0.25) is 0 Å². The molecule has 0 saturated carbocycles. The van der Waals surface area contributed by atoms with Gasteiger partial charge in [-0.3, -0.25) is 0 Å². The average molecular weight is 386 g/mol. The van der Waals surface area contributed by atoms with Crippen molar-refractivity contribution in [1.82, 2.24) is 0 Å². The second kappa shape index (κ2) is 383. The summed E-state index contributed by atoms with van der Waals surface area (Å²) in [5.74, 6) is 0. The second-order valence-corrected chi connectivity index (χ2v) is 0. The SMILES string of the molecule is Cl.Cl.Cl.O.O.O.O.O.O.O.[Sm]. The minimum atomic E-state index is 0. The summed E-state index contributed by atoms with van der Waals surface area (Å²) in [5.41, 5.74) is 0. The molecule has 0 aromatic carbocycles. The van der Waals surface area contributed by atoms with Gasteiger partial charge < -0.3 is 38.3 Å². The zero-order chi connectivity index (χ0) is 0. The predicted molar refractivity (Wildman–Crippen MR) is 47.0 cm³/mol. The Balaban J connectivity index is 0. The quantitative estimate of drug-likeness (QED) is 0.384. The smallest absolute Gasteiger partial charge is 0 e. The summed E-state index contributed by atoms with van der Waals surface area (Å²) in [7, 11) is 0. The molecule has 0 bridgehead atoms. The van der Waals surface area contributed by atoms with Crippen molar-refractivity contribution < 1.29 is 78.7 Å². The predicted octanol–water partition coefficient (Wildman–Crippen LogP) is -4.51. The van der Waals surface area contributed by atoms with E-state index in [4.69, 9.17) is 0 Å². The van der Waals surface area contributed by atoms with Crippen LogP contribution in [0.5, 0.6) is 0 Å². The maximum absolute atomic E-state index is 0. The number of hydrogen-bond donors (Lipinski definition) is 0. The van der Waals surface area contributed by atoms with Crippen molar-refractivity contribution >= 4 is 37.2 Å². The third kappa shape index (κ3) is 316. The zero-order valence-electron chi connectivity index (χ0n) is 5.13. The van der Waals surface area contributed by atoms with Gasteiger partial charge in [-0.05, 0) is 0 Å². The first-order valence-electron chi connectivity index (χ1n) is 0. The first-order chi connectivity index (χ1) is 0. The summed E-state index contributed by atoms with van der Waals surface area (Å²) in [4.78, 5) is 0. The first kappa shape index (κ1) is 495. The van der Waals surface area contributed by atoms with E-state index < -0.39 is 0 Å². The van der Waals surface area contributed by atoms with Crippen LogP contribution in [0.2, 0.25) is 0 Å². The molecule has 0 heterocycles. The van der Waals surface area contributed by atoms with Gasteiger partial charge in [0.05, 0.1) is 0 Å². The molecule has 11 heteroatoms. The molecule has 0 aliphatic rings. The molecule has 11 heavy (non-hydrogen) atoms. The Morgan fingerprint density at radius 1 is 0.273 bits per heavy atom. The van der Waals surface area contributed by atoms with Crippen LogP contribution >= 0.6 is 37.2 Å². The Bertz CT molecular complexity index is 13.6.